The first-order valence-corrected chi connectivity index (χ1v) is 16.7. The summed E-state index contributed by atoms with van der Waals surface area (Å²) >= 11 is 7.66. The number of carbonyl (C=O) groups is 1. The van der Waals surface area contributed by atoms with Crippen molar-refractivity contribution in [3.8, 4) is 17.6 Å². The van der Waals surface area contributed by atoms with E-state index in [-0.39, 0.29) is 18.8 Å². The van der Waals surface area contributed by atoms with E-state index in [4.69, 9.17) is 36.1 Å². The van der Waals surface area contributed by atoms with E-state index in [1.807, 2.05) is 55.5 Å². The van der Waals surface area contributed by atoms with Crippen LogP contribution in [0.1, 0.15) is 55.0 Å². The molecule has 1 aromatic heterocycles. The Bertz CT molecular complexity index is 2280. The SMILES string of the molecule is CCCC1=C(C(=O)OCC)[C@H](c2c(OC)ccc3ccccc23)n2c(s/c(=C/c3cc(Cl)ccc3OCc3ccc(C#N)cc3)c2=O)=N1. The number of nitrogens with zero attached hydrogens (tertiary/aromatic N) is 3. The van der Waals surface area contributed by atoms with E-state index >= 15 is 0 Å². The van der Waals surface area contributed by atoms with Gasteiger partial charge in [0.25, 0.3) is 5.56 Å². The van der Waals surface area contributed by atoms with Crippen molar-refractivity contribution in [3.63, 3.8) is 0 Å². The molecule has 0 amide bonds. The summed E-state index contributed by atoms with van der Waals surface area (Å²) in [5.74, 6) is 0.550. The normalized spacial score (nSPS) is 14.3. The third kappa shape index (κ3) is 6.37. The lowest BCUT2D eigenvalue weighted by atomic mass is 9.90. The van der Waals surface area contributed by atoms with Gasteiger partial charge in [0.1, 0.15) is 24.1 Å². The van der Waals surface area contributed by atoms with Gasteiger partial charge < -0.3 is 14.2 Å². The summed E-state index contributed by atoms with van der Waals surface area (Å²) in [6.45, 7) is 4.20. The summed E-state index contributed by atoms with van der Waals surface area (Å²) < 4.78 is 19.6. The maximum absolute atomic E-state index is 14.5. The molecule has 0 N–H and O–H groups in total. The Morgan fingerprint density at radius 2 is 1.83 bits per heavy atom. The fourth-order valence-corrected chi connectivity index (χ4v) is 7.06. The fourth-order valence-electron chi connectivity index (χ4n) is 5.87. The average molecular weight is 678 g/mol. The minimum Gasteiger partial charge on any atom is -0.496 e. The highest BCUT2D eigenvalue weighted by Gasteiger charge is 2.37. The summed E-state index contributed by atoms with van der Waals surface area (Å²) in [6.07, 6.45) is 3.00. The van der Waals surface area contributed by atoms with Gasteiger partial charge in [0.05, 0.1) is 41.2 Å². The molecule has 0 saturated heterocycles. The van der Waals surface area contributed by atoms with E-state index < -0.39 is 12.0 Å². The summed E-state index contributed by atoms with van der Waals surface area (Å²) in [6, 6.07) is 25.3. The zero-order chi connectivity index (χ0) is 33.8. The van der Waals surface area contributed by atoms with Crippen molar-refractivity contribution in [2.24, 2.45) is 4.99 Å². The number of thiazole rings is 1. The summed E-state index contributed by atoms with van der Waals surface area (Å²) in [5.41, 5.74) is 3.32. The topological polar surface area (TPSA) is 103 Å². The first-order valence-electron chi connectivity index (χ1n) is 15.6. The van der Waals surface area contributed by atoms with Crippen molar-refractivity contribution in [1.29, 1.82) is 5.26 Å². The zero-order valence-electron chi connectivity index (χ0n) is 26.7. The number of aromatic nitrogens is 1. The highest BCUT2D eigenvalue weighted by atomic mass is 35.5. The molecule has 10 heteroatoms. The van der Waals surface area contributed by atoms with Crippen molar-refractivity contribution in [1.82, 2.24) is 4.57 Å². The second-order valence-corrected chi connectivity index (χ2v) is 12.5. The number of fused-ring (bicyclic) bond motifs is 2. The highest BCUT2D eigenvalue weighted by molar-refractivity contribution is 7.07. The minimum absolute atomic E-state index is 0.172. The molecule has 4 aromatic carbocycles. The molecule has 0 bridgehead atoms. The third-order valence-corrected chi connectivity index (χ3v) is 9.27. The number of rotatable bonds is 10. The molecule has 0 fully saturated rings. The first-order chi connectivity index (χ1) is 23.4. The molecule has 242 valence electrons. The number of carbonyl (C=O) groups excluding carboxylic acids is 1. The quantitative estimate of drug-likeness (QED) is 0.150. The standard InChI is InChI=1S/C38H32ClN3O5S/c1-4-8-29-34(37(44)46-5-2)35(33-28-10-7-6-9-25(28)15-17-31(33)45-3)42-36(43)32(48-38(42)41-29)20-26-19-27(39)16-18-30(26)47-22-24-13-11-23(21-40)12-14-24/h6-7,9-20,35H,4-5,8,22H2,1-3H3/b32-20+/t35-/m0/s1. The maximum atomic E-state index is 14.5. The van der Waals surface area contributed by atoms with Gasteiger partial charge in [-0.25, -0.2) is 9.79 Å². The van der Waals surface area contributed by atoms with E-state index in [9.17, 15) is 9.59 Å². The predicted molar refractivity (Wildman–Crippen MR) is 187 cm³/mol. The Labute approximate surface area is 286 Å². The Morgan fingerprint density at radius 3 is 2.56 bits per heavy atom. The Balaban J connectivity index is 1.55. The second-order valence-electron chi connectivity index (χ2n) is 11.1. The minimum atomic E-state index is -0.850. The van der Waals surface area contributed by atoms with Gasteiger partial charge in [-0.3, -0.25) is 9.36 Å². The number of hydrogen-bond donors (Lipinski definition) is 0. The van der Waals surface area contributed by atoms with Gasteiger partial charge in [-0.15, -0.1) is 0 Å². The fraction of sp³-hybridized carbons (Fsp3) is 0.211. The van der Waals surface area contributed by atoms with Crippen LogP contribution in [0.25, 0.3) is 16.8 Å². The van der Waals surface area contributed by atoms with Crippen LogP contribution in [0.4, 0.5) is 0 Å². The second kappa shape index (κ2) is 14.3. The summed E-state index contributed by atoms with van der Waals surface area (Å²) in [4.78, 5) is 33.7. The highest BCUT2D eigenvalue weighted by Crippen LogP contribution is 2.41. The zero-order valence-corrected chi connectivity index (χ0v) is 28.2. The van der Waals surface area contributed by atoms with Crippen LogP contribution in [-0.2, 0) is 16.1 Å². The molecular weight excluding hydrogens is 646 g/mol. The Morgan fingerprint density at radius 1 is 1.06 bits per heavy atom. The number of allylic oxidation sites excluding steroid dienone is 1. The Kier molecular flexibility index (Phi) is 9.76. The number of hydrogen-bond acceptors (Lipinski definition) is 8. The van der Waals surface area contributed by atoms with Crippen molar-refractivity contribution >= 4 is 45.8 Å². The molecule has 0 saturated carbocycles. The van der Waals surface area contributed by atoms with Crippen LogP contribution in [0, 0.1) is 11.3 Å². The lowest BCUT2D eigenvalue weighted by Crippen LogP contribution is -2.40. The van der Waals surface area contributed by atoms with Crippen molar-refractivity contribution < 1.29 is 19.0 Å². The van der Waals surface area contributed by atoms with Gasteiger partial charge in [-0.05, 0) is 72.2 Å². The predicted octanol–water partition coefficient (Wildman–Crippen LogP) is 6.84. The molecule has 2 heterocycles. The molecule has 8 nitrogen and oxygen atoms in total. The smallest absolute Gasteiger partial charge is 0.338 e. The van der Waals surface area contributed by atoms with E-state index in [0.717, 1.165) is 22.8 Å². The summed E-state index contributed by atoms with van der Waals surface area (Å²) in [7, 11) is 1.58. The van der Waals surface area contributed by atoms with Crippen molar-refractivity contribution in [2.45, 2.75) is 39.3 Å². The number of esters is 1. The Hall–Kier alpha value is -5.17. The van der Waals surface area contributed by atoms with Crippen LogP contribution in [0.3, 0.4) is 0 Å². The lowest BCUT2D eigenvalue weighted by Gasteiger charge is -2.28. The monoisotopic (exact) mass is 677 g/mol. The van der Waals surface area contributed by atoms with E-state index in [1.54, 1.807) is 55.0 Å². The van der Waals surface area contributed by atoms with Crippen LogP contribution in [0.2, 0.25) is 5.02 Å². The van der Waals surface area contributed by atoms with Crippen LogP contribution < -0.4 is 24.4 Å². The molecule has 48 heavy (non-hydrogen) atoms. The molecule has 5 aromatic rings. The number of methoxy groups -OCH3 is 1. The number of ether oxygens (including phenoxy) is 3. The average Bonchev–Trinajstić information content (AvgIpc) is 3.41. The molecule has 1 aliphatic heterocycles. The molecular formula is C38H32ClN3O5S. The van der Waals surface area contributed by atoms with E-state index in [0.29, 0.717) is 60.2 Å². The maximum Gasteiger partial charge on any atom is 0.338 e. The van der Waals surface area contributed by atoms with Gasteiger partial charge in [0.15, 0.2) is 4.80 Å². The van der Waals surface area contributed by atoms with Crippen LogP contribution in [-0.4, -0.2) is 24.3 Å². The third-order valence-electron chi connectivity index (χ3n) is 8.05. The van der Waals surface area contributed by atoms with Gasteiger partial charge in [0, 0.05) is 16.1 Å². The molecule has 0 radical (unpaired) electrons. The van der Waals surface area contributed by atoms with Crippen LogP contribution in [0.5, 0.6) is 11.5 Å². The number of nitriles is 1. The van der Waals surface area contributed by atoms with Crippen LogP contribution in [0.15, 0.2) is 99.9 Å². The summed E-state index contributed by atoms with van der Waals surface area (Å²) in [5, 5.41) is 11.4. The molecule has 0 spiro atoms. The van der Waals surface area contributed by atoms with Gasteiger partial charge in [0.2, 0.25) is 0 Å². The molecule has 0 unspecified atom stereocenters. The first kappa shape index (κ1) is 32.8. The van der Waals surface area contributed by atoms with Gasteiger partial charge in [-0.1, -0.05) is 78.7 Å². The molecule has 6 rings (SSSR count). The van der Waals surface area contributed by atoms with E-state index in [1.165, 1.54) is 11.3 Å². The molecule has 1 atom stereocenters. The van der Waals surface area contributed by atoms with Gasteiger partial charge in [-0.2, -0.15) is 5.26 Å². The van der Waals surface area contributed by atoms with Crippen molar-refractivity contribution in [3.05, 3.63) is 137 Å². The largest absolute Gasteiger partial charge is 0.496 e. The number of benzene rings is 4. The molecule has 1 aliphatic rings. The molecule has 0 aliphatic carbocycles. The number of halogens is 1. The van der Waals surface area contributed by atoms with Crippen LogP contribution >= 0.6 is 22.9 Å². The van der Waals surface area contributed by atoms with E-state index in [2.05, 4.69) is 6.07 Å². The van der Waals surface area contributed by atoms with Gasteiger partial charge >= 0.3 is 5.97 Å². The lowest BCUT2D eigenvalue weighted by molar-refractivity contribution is -0.139. The van der Waals surface area contributed by atoms with Crippen molar-refractivity contribution in [2.75, 3.05) is 13.7 Å².